The molecule has 0 atom stereocenters. The highest BCUT2D eigenvalue weighted by Gasteiger charge is 2.15. The van der Waals surface area contributed by atoms with Crippen molar-refractivity contribution in [2.45, 2.75) is 45.6 Å². The molecule has 4 aromatic rings. The first-order valence-corrected chi connectivity index (χ1v) is 12.1. The third kappa shape index (κ3) is 6.22. The fraction of sp³-hybridized carbons (Fsp3) is 0.267. The summed E-state index contributed by atoms with van der Waals surface area (Å²) in [5, 5.41) is 4.11. The van der Waals surface area contributed by atoms with Crippen molar-refractivity contribution in [2.24, 2.45) is 0 Å². The summed E-state index contributed by atoms with van der Waals surface area (Å²) in [5.74, 6) is 0.833. The topological polar surface area (TPSA) is 51.2 Å². The van der Waals surface area contributed by atoms with Crippen LogP contribution in [0.5, 0.6) is 5.75 Å². The van der Waals surface area contributed by atoms with E-state index in [0.717, 1.165) is 58.3 Å². The number of pyridine rings is 1. The summed E-state index contributed by atoms with van der Waals surface area (Å²) in [7, 11) is 0. The number of ether oxygens (including phenoxy) is 1. The highest BCUT2D eigenvalue weighted by molar-refractivity contribution is 5.97. The van der Waals surface area contributed by atoms with E-state index in [0.29, 0.717) is 13.0 Å². The third-order valence-corrected chi connectivity index (χ3v) is 5.93. The van der Waals surface area contributed by atoms with Gasteiger partial charge >= 0.3 is 0 Å². The molecule has 0 fully saturated rings. The summed E-state index contributed by atoms with van der Waals surface area (Å²) in [6.07, 6.45) is 6.70. The van der Waals surface area contributed by atoms with Crippen molar-refractivity contribution in [1.29, 1.82) is 0 Å². The molecule has 1 N–H and O–H groups in total. The molecule has 0 radical (unpaired) electrons. The van der Waals surface area contributed by atoms with E-state index in [4.69, 9.17) is 4.74 Å². The van der Waals surface area contributed by atoms with Crippen molar-refractivity contribution in [3.8, 4) is 16.9 Å². The van der Waals surface area contributed by atoms with Crippen molar-refractivity contribution < 1.29 is 9.53 Å². The molecule has 0 aliphatic heterocycles. The zero-order valence-electron chi connectivity index (χ0n) is 19.8. The van der Waals surface area contributed by atoms with Crippen LogP contribution in [0.25, 0.3) is 22.0 Å². The molecule has 0 saturated carbocycles. The van der Waals surface area contributed by atoms with Crippen LogP contribution in [0.3, 0.4) is 0 Å². The molecule has 4 rings (SSSR count). The van der Waals surface area contributed by atoms with Gasteiger partial charge in [-0.25, -0.2) is 0 Å². The monoisotopic (exact) mass is 452 g/mol. The molecule has 0 unspecified atom stereocenters. The highest BCUT2D eigenvalue weighted by atomic mass is 16.5. The van der Waals surface area contributed by atoms with Crippen LogP contribution in [0.1, 0.15) is 43.7 Å². The molecule has 0 spiro atoms. The van der Waals surface area contributed by atoms with Crippen molar-refractivity contribution in [1.82, 2.24) is 10.3 Å². The number of hydrogen-bond donors (Lipinski definition) is 1. The first-order valence-electron chi connectivity index (χ1n) is 12.1. The molecule has 0 saturated heterocycles. The van der Waals surface area contributed by atoms with Gasteiger partial charge in [-0.3, -0.25) is 9.78 Å². The third-order valence-electron chi connectivity index (χ3n) is 5.93. The van der Waals surface area contributed by atoms with Gasteiger partial charge in [0.05, 0.1) is 11.9 Å². The average Bonchev–Trinajstić information content (AvgIpc) is 2.88. The molecule has 0 aliphatic carbocycles. The summed E-state index contributed by atoms with van der Waals surface area (Å²) in [6.45, 7) is 3.42. The number of para-hydroxylation sites is 1. The lowest BCUT2D eigenvalue weighted by Crippen LogP contribution is -2.26. The van der Waals surface area contributed by atoms with Gasteiger partial charge in [-0.15, -0.1) is 0 Å². The number of aromatic nitrogens is 1. The van der Waals surface area contributed by atoms with E-state index in [1.807, 2.05) is 54.7 Å². The molecular formula is C30H32N2O2. The lowest BCUT2D eigenvalue weighted by atomic mass is 9.94. The van der Waals surface area contributed by atoms with Crippen LogP contribution in [0.4, 0.5) is 0 Å². The number of fused-ring (bicyclic) bond motifs is 1. The van der Waals surface area contributed by atoms with E-state index < -0.39 is 0 Å². The van der Waals surface area contributed by atoms with Gasteiger partial charge < -0.3 is 10.1 Å². The van der Waals surface area contributed by atoms with E-state index in [1.165, 1.54) is 12.8 Å². The summed E-state index contributed by atoms with van der Waals surface area (Å²) in [5.41, 5.74) is 5.02. The Morgan fingerprint density at radius 3 is 2.59 bits per heavy atom. The summed E-state index contributed by atoms with van der Waals surface area (Å²) < 4.78 is 6.08. The molecule has 3 aromatic carbocycles. The number of nitrogens with one attached hydrogen (secondary N) is 1. The van der Waals surface area contributed by atoms with E-state index in [-0.39, 0.29) is 5.91 Å². The Kier molecular flexibility index (Phi) is 8.28. The average molecular weight is 453 g/mol. The van der Waals surface area contributed by atoms with Crippen molar-refractivity contribution in [3.05, 3.63) is 96.2 Å². The fourth-order valence-corrected chi connectivity index (χ4v) is 4.15. The fourth-order valence-electron chi connectivity index (χ4n) is 4.15. The first kappa shape index (κ1) is 23.5. The Labute approximate surface area is 202 Å². The molecule has 174 valence electrons. The van der Waals surface area contributed by atoms with Gasteiger partial charge in [0.2, 0.25) is 5.91 Å². The molecule has 1 heterocycles. The predicted molar refractivity (Wildman–Crippen MR) is 139 cm³/mol. The largest absolute Gasteiger partial charge is 0.489 e. The maximum absolute atomic E-state index is 12.7. The van der Waals surface area contributed by atoms with Gasteiger partial charge in [-0.2, -0.15) is 0 Å². The molecule has 4 heteroatoms. The maximum atomic E-state index is 12.7. The van der Waals surface area contributed by atoms with E-state index in [2.05, 4.69) is 47.6 Å². The van der Waals surface area contributed by atoms with Gasteiger partial charge in [-0.05, 0) is 46.9 Å². The molecule has 0 bridgehead atoms. The van der Waals surface area contributed by atoms with E-state index in [9.17, 15) is 4.79 Å². The van der Waals surface area contributed by atoms with Crippen LogP contribution < -0.4 is 10.1 Å². The predicted octanol–water partition coefficient (Wildman–Crippen LogP) is 6.72. The smallest absolute Gasteiger partial charge is 0.224 e. The lowest BCUT2D eigenvalue weighted by molar-refractivity contribution is -0.120. The minimum absolute atomic E-state index is 0.0336. The van der Waals surface area contributed by atoms with Crippen LogP contribution in [0.15, 0.2) is 85.1 Å². The van der Waals surface area contributed by atoms with Crippen molar-refractivity contribution >= 4 is 16.8 Å². The zero-order chi connectivity index (χ0) is 23.6. The van der Waals surface area contributed by atoms with E-state index in [1.54, 1.807) is 0 Å². The number of carbonyl (C=O) groups is 1. The van der Waals surface area contributed by atoms with Gasteiger partial charge in [0, 0.05) is 18.1 Å². The van der Waals surface area contributed by atoms with Gasteiger partial charge in [0.15, 0.2) is 0 Å². The quantitative estimate of drug-likeness (QED) is 0.257. The molecule has 34 heavy (non-hydrogen) atoms. The maximum Gasteiger partial charge on any atom is 0.224 e. The minimum atomic E-state index is 0.0336. The number of rotatable bonds is 11. The molecule has 1 aromatic heterocycles. The second-order valence-corrected chi connectivity index (χ2v) is 8.57. The van der Waals surface area contributed by atoms with Gasteiger partial charge in [0.25, 0.3) is 0 Å². The number of unbranched alkanes of at least 4 members (excludes halogenated alkanes) is 3. The Morgan fingerprint density at radius 2 is 1.74 bits per heavy atom. The number of hydrogen-bond acceptors (Lipinski definition) is 3. The van der Waals surface area contributed by atoms with Gasteiger partial charge in [0.1, 0.15) is 12.4 Å². The van der Waals surface area contributed by atoms with Crippen LogP contribution in [-0.4, -0.2) is 17.4 Å². The summed E-state index contributed by atoms with van der Waals surface area (Å²) in [4.78, 5) is 17.4. The van der Waals surface area contributed by atoms with E-state index >= 15 is 0 Å². The molecule has 1 amide bonds. The first-order chi connectivity index (χ1) is 16.7. The number of amides is 1. The van der Waals surface area contributed by atoms with Crippen LogP contribution >= 0.6 is 0 Å². The highest BCUT2D eigenvalue weighted by Crippen LogP contribution is 2.33. The number of carbonyl (C=O) groups excluding carboxylic acids is 1. The van der Waals surface area contributed by atoms with Crippen LogP contribution in [0.2, 0.25) is 0 Å². The second-order valence-electron chi connectivity index (χ2n) is 8.57. The van der Waals surface area contributed by atoms with Crippen molar-refractivity contribution in [3.63, 3.8) is 0 Å². The Hall–Kier alpha value is -3.66. The van der Waals surface area contributed by atoms with Crippen molar-refractivity contribution in [2.75, 3.05) is 6.54 Å². The Morgan fingerprint density at radius 1 is 0.912 bits per heavy atom. The SMILES string of the molecule is CCCCCCNC(=O)Cc1cnc2ccccc2c1-c1cccc(OCc2ccccc2)c1. The second kappa shape index (κ2) is 12.0. The van der Waals surface area contributed by atoms with Gasteiger partial charge in [-0.1, -0.05) is 86.8 Å². The summed E-state index contributed by atoms with van der Waals surface area (Å²) >= 11 is 0. The number of benzene rings is 3. The minimum Gasteiger partial charge on any atom is -0.489 e. The summed E-state index contributed by atoms with van der Waals surface area (Å²) in [6, 6.07) is 26.3. The molecular weight excluding hydrogens is 420 g/mol. The molecule has 0 aliphatic rings. The Bertz CT molecular complexity index is 1220. The van der Waals surface area contributed by atoms with Crippen LogP contribution in [-0.2, 0) is 17.8 Å². The zero-order valence-corrected chi connectivity index (χ0v) is 19.8. The normalized spacial score (nSPS) is 10.9. The standard InChI is InChI=1S/C30H32N2O2/c1-2-3-4-10-18-31-29(33)20-25-21-32-28-17-9-8-16-27(28)30(25)24-14-11-15-26(19-24)34-22-23-12-6-5-7-13-23/h5-9,11-17,19,21H,2-4,10,18,20,22H2,1H3,(H,31,33). The number of nitrogens with zero attached hydrogens (tertiary/aromatic N) is 1. The Balaban J connectivity index is 1.57. The van der Waals surface area contributed by atoms with Crippen LogP contribution in [0, 0.1) is 0 Å². The lowest BCUT2D eigenvalue weighted by Gasteiger charge is -2.15. The molecule has 4 nitrogen and oxygen atoms in total.